The van der Waals surface area contributed by atoms with Gasteiger partial charge in [-0.2, -0.15) is 0 Å². The van der Waals surface area contributed by atoms with Crippen molar-refractivity contribution in [3.05, 3.63) is 11.6 Å². The Kier molecular flexibility index (Phi) is 3.85. The van der Waals surface area contributed by atoms with Crippen LogP contribution in [0.2, 0.25) is 0 Å². The van der Waals surface area contributed by atoms with Crippen molar-refractivity contribution in [3.8, 4) is 0 Å². The minimum Gasteiger partial charge on any atom is -0.458 e. The highest BCUT2D eigenvalue weighted by Gasteiger charge is 2.63. The van der Waals surface area contributed by atoms with Crippen molar-refractivity contribution < 1.29 is 9.53 Å². The summed E-state index contributed by atoms with van der Waals surface area (Å²) in [7, 11) is 0. The molecule has 0 heterocycles. The zero-order valence-corrected chi connectivity index (χ0v) is 17.9. The van der Waals surface area contributed by atoms with E-state index in [4.69, 9.17) is 4.74 Å². The van der Waals surface area contributed by atoms with Crippen molar-refractivity contribution in [3.63, 3.8) is 0 Å². The molecule has 0 aliphatic heterocycles. The van der Waals surface area contributed by atoms with Gasteiger partial charge in [0, 0.05) is 11.0 Å². The summed E-state index contributed by atoms with van der Waals surface area (Å²) in [6.45, 7) is 16.4. The first-order valence-electron chi connectivity index (χ1n) is 10.8. The van der Waals surface area contributed by atoms with Crippen LogP contribution in [0.4, 0.5) is 0 Å². The van der Waals surface area contributed by atoms with E-state index in [9.17, 15) is 4.79 Å². The maximum atomic E-state index is 12.9. The summed E-state index contributed by atoms with van der Waals surface area (Å²) < 4.78 is 6.11. The Balaban J connectivity index is 1.48. The first-order valence-corrected chi connectivity index (χ1v) is 10.8. The number of esters is 1. The molecule has 2 nitrogen and oxygen atoms in total. The van der Waals surface area contributed by atoms with Crippen LogP contribution in [0, 0.1) is 39.4 Å². The number of allylic oxidation sites excluding steroid dienone is 1. The van der Waals surface area contributed by atoms with Gasteiger partial charge in [0.1, 0.15) is 6.10 Å². The van der Waals surface area contributed by atoms with Gasteiger partial charge in [-0.15, -0.1) is 0 Å². The average Bonchev–Trinajstić information content (AvgIpc) is 3.06. The Hall–Kier alpha value is -0.790. The van der Waals surface area contributed by atoms with Crippen molar-refractivity contribution in [1.82, 2.24) is 0 Å². The third-order valence-corrected chi connectivity index (χ3v) is 10.6. The van der Waals surface area contributed by atoms with Crippen molar-refractivity contribution in [2.45, 2.75) is 93.1 Å². The zero-order chi connectivity index (χ0) is 19.1. The summed E-state index contributed by atoms with van der Waals surface area (Å²) in [5, 5.41) is 0. The van der Waals surface area contributed by atoms with Crippen LogP contribution in [0.5, 0.6) is 0 Å². The first kappa shape index (κ1) is 18.6. The smallest absolute Gasteiger partial charge is 0.333 e. The van der Waals surface area contributed by atoms with Gasteiger partial charge in [0.2, 0.25) is 0 Å². The summed E-state index contributed by atoms with van der Waals surface area (Å²) in [6.07, 6.45) is 9.80. The molecule has 4 bridgehead atoms. The Morgan fingerprint density at radius 3 is 1.85 bits per heavy atom. The molecule has 0 saturated heterocycles. The van der Waals surface area contributed by atoms with Crippen molar-refractivity contribution in [2.24, 2.45) is 39.4 Å². The van der Waals surface area contributed by atoms with Crippen LogP contribution in [0.1, 0.15) is 87.0 Å². The van der Waals surface area contributed by atoms with Crippen molar-refractivity contribution in [2.75, 3.05) is 0 Å². The molecule has 4 aliphatic carbocycles. The number of fused-ring (bicyclic) bond motifs is 4. The van der Waals surface area contributed by atoms with Crippen molar-refractivity contribution in [1.29, 1.82) is 0 Å². The van der Waals surface area contributed by atoms with E-state index in [-0.39, 0.29) is 22.9 Å². The second-order valence-electron chi connectivity index (χ2n) is 11.6. The van der Waals surface area contributed by atoms with Gasteiger partial charge in [0.25, 0.3) is 0 Å². The predicted molar refractivity (Wildman–Crippen MR) is 106 cm³/mol. The number of carbonyl (C=O) groups is 1. The molecule has 0 aromatic heterocycles. The van der Waals surface area contributed by atoms with Gasteiger partial charge in [-0.25, -0.2) is 4.79 Å². The Labute approximate surface area is 160 Å². The lowest BCUT2D eigenvalue weighted by Crippen LogP contribution is -2.38. The van der Waals surface area contributed by atoms with E-state index in [1.165, 1.54) is 32.1 Å². The highest BCUT2D eigenvalue weighted by Crippen LogP contribution is 2.69. The highest BCUT2D eigenvalue weighted by molar-refractivity contribution is 5.88. The van der Waals surface area contributed by atoms with E-state index in [0.29, 0.717) is 22.7 Å². The lowest BCUT2D eigenvalue weighted by atomic mass is 9.66. The zero-order valence-electron chi connectivity index (χ0n) is 17.9. The first-order chi connectivity index (χ1) is 11.9. The fourth-order valence-electron chi connectivity index (χ4n) is 7.42. The van der Waals surface area contributed by atoms with Crippen LogP contribution in [-0.2, 0) is 9.53 Å². The monoisotopic (exact) mass is 358 g/mol. The quantitative estimate of drug-likeness (QED) is 0.446. The van der Waals surface area contributed by atoms with Crippen LogP contribution < -0.4 is 0 Å². The fraction of sp³-hybridized carbons (Fsp3) is 0.875. The molecule has 0 N–H and O–H groups in total. The van der Waals surface area contributed by atoms with Crippen LogP contribution in [0.3, 0.4) is 0 Å². The fourth-order valence-corrected chi connectivity index (χ4v) is 7.42. The van der Waals surface area contributed by atoms with E-state index in [0.717, 1.165) is 17.9 Å². The maximum absolute atomic E-state index is 12.9. The summed E-state index contributed by atoms with van der Waals surface area (Å²) in [5.41, 5.74) is 2.00. The van der Waals surface area contributed by atoms with Gasteiger partial charge < -0.3 is 4.74 Å². The minimum atomic E-state index is -0.0660. The second-order valence-corrected chi connectivity index (χ2v) is 11.6. The van der Waals surface area contributed by atoms with Gasteiger partial charge in [-0.05, 0) is 79.4 Å². The molecule has 0 radical (unpaired) electrons. The molecule has 0 amide bonds. The van der Waals surface area contributed by atoms with Gasteiger partial charge in [-0.1, -0.05) is 47.6 Å². The van der Waals surface area contributed by atoms with E-state index in [1.54, 1.807) is 0 Å². The molecule has 2 heteroatoms. The lowest BCUT2D eigenvalue weighted by Gasteiger charge is -2.39. The number of hydrogen-bond donors (Lipinski definition) is 0. The SMILES string of the molecule is C/C(=C\C1CC2CCC1(C)C2(C)C)C(=O)OC1CC2CCC1(C)C2(C)C. The topological polar surface area (TPSA) is 26.3 Å². The molecule has 6 atom stereocenters. The van der Waals surface area contributed by atoms with Gasteiger partial charge >= 0.3 is 5.97 Å². The number of carbonyl (C=O) groups excluding carboxylic acids is 1. The van der Waals surface area contributed by atoms with E-state index in [1.807, 2.05) is 6.92 Å². The lowest BCUT2D eigenvalue weighted by molar-refractivity contribution is -0.152. The molecule has 4 saturated carbocycles. The summed E-state index contributed by atoms with van der Waals surface area (Å²) >= 11 is 0. The molecule has 0 aromatic rings. The highest BCUT2D eigenvalue weighted by atomic mass is 16.5. The number of rotatable bonds is 3. The molecule has 26 heavy (non-hydrogen) atoms. The maximum Gasteiger partial charge on any atom is 0.333 e. The van der Waals surface area contributed by atoms with E-state index in [2.05, 4.69) is 47.6 Å². The molecule has 4 aliphatic rings. The predicted octanol–water partition coefficient (Wildman–Crippen LogP) is 6.15. The number of ether oxygens (including phenoxy) is 1. The Morgan fingerprint density at radius 1 is 0.885 bits per heavy atom. The molecular formula is C24H38O2. The Bertz CT molecular complexity index is 657. The average molecular weight is 359 g/mol. The standard InChI is InChI=1S/C24H38O2/c1-15(12-18-13-16-8-10-23(18,6)21(16,2)3)20(25)26-19-14-17-9-11-24(19,7)22(17,4)5/h12,16-19H,8-11,13-14H2,1-7H3/b15-12+. The molecule has 4 rings (SSSR count). The van der Waals surface area contributed by atoms with Crippen LogP contribution >= 0.6 is 0 Å². The van der Waals surface area contributed by atoms with Gasteiger partial charge in [0.15, 0.2) is 0 Å². The molecule has 146 valence electrons. The molecule has 0 spiro atoms. The van der Waals surface area contributed by atoms with Crippen LogP contribution in [0.15, 0.2) is 11.6 Å². The Morgan fingerprint density at radius 2 is 1.42 bits per heavy atom. The molecule has 6 unspecified atom stereocenters. The van der Waals surface area contributed by atoms with E-state index < -0.39 is 0 Å². The third kappa shape index (κ3) is 2.14. The van der Waals surface area contributed by atoms with E-state index >= 15 is 0 Å². The van der Waals surface area contributed by atoms with Crippen LogP contribution in [-0.4, -0.2) is 12.1 Å². The molecule has 0 aromatic carbocycles. The van der Waals surface area contributed by atoms with Gasteiger partial charge in [-0.3, -0.25) is 0 Å². The van der Waals surface area contributed by atoms with Gasteiger partial charge in [0.05, 0.1) is 0 Å². The second kappa shape index (κ2) is 5.39. The number of hydrogen-bond acceptors (Lipinski definition) is 2. The molecular weight excluding hydrogens is 320 g/mol. The summed E-state index contributed by atoms with van der Waals surface area (Å²) in [6, 6.07) is 0. The minimum absolute atomic E-state index is 0.0660. The molecule has 4 fully saturated rings. The van der Waals surface area contributed by atoms with Crippen LogP contribution in [0.25, 0.3) is 0 Å². The summed E-state index contributed by atoms with van der Waals surface area (Å²) in [4.78, 5) is 12.9. The largest absolute Gasteiger partial charge is 0.458 e. The third-order valence-electron chi connectivity index (χ3n) is 10.6. The normalized spacial score (nSPS) is 48.2. The van der Waals surface area contributed by atoms with Crippen molar-refractivity contribution >= 4 is 5.97 Å². The summed E-state index contributed by atoms with van der Waals surface area (Å²) in [5.74, 6) is 1.97.